The Hall–Kier alpha value is -2.43. The predicted octanol–water partition coefficient (Wildman–Crippen LogP) is 1.64. The number of nitrogens with one attached hydrogen (secondary N) is 2. The summed E-state index contributed by atoms with van der Waals surface area (Å²) in [6.45, 7) is 6.58. The van der Waals surface area contributed by atoms with Gasteiger partial charge in [0.15, 0.2) is 23.5 Å². The minimum Gasteiger partial charge on any atom is -0.323 e. The third-order valence-electron chi connectivity index (χ3n) is 5.78. The monoisotopic (exact) mass is 456 g/mol. The average molecular weight is 457 g/mol. The van der Waals surface area contributed by atoms with Crippen molar-refractivity contribution in [2.45, 2.75) is 31.7 Å². The Bertz CT molecular complexity index is 1100. The number of sulfonamides is 1. The molecule has 2 aromatic carbocycles. The number of benzene rings is 2. The lowest BCUT2D eigenvalue weighted by atomic mass is 10.1. The smallest absolute Gasteiger partial charge is 0.282 e. The summed E-state index contributed by atoms with van der Waals surface area (Å²) in [7, 11) is -3.64. The number of piperazine rings is 1. The fourth-order valence-electron chi connectivity index (χ4n) is 3.52. The molecule has 0 aromatic heterocycles. The Labute approximate surface area is 179 Å². The van der Waals surface area contributed by atoms with E-state index in [1.807, 2.05) is 13.8 Å². The third kappa shape index (κ3) is 4.76. The SMILES string of the molecule is Cc1ccc(S(=O)(=O)N2CC[NH+]([C@H](C)C(=O)Nc3ccc(F)c(F)c3F)CC2)cc1C. The number of carbonyl (C=O) groups is 1. The molecule has 0 unspecified atom stereocenters. The standard InChI is InChI=1S/C21H24F3N3O3S/c1-13-4-5-16(12-14(13)2)31(29,30)27-10-8-26(9-11-27)15(3)21(28)25-18-7-6-17(22)19(23)20(18)24/h4-7,12,15H,8-11H2,1-3H3,(H,25,28)/p+1/t15-/m1/s1. The maximum Gasteiger partial charge on any atom is 0.282 e. The Balaban J connectivity index is 1.64. The fraction of sp³-hybridized carbons (Fsp3) is 0.381. The van der Waals surface area contributed by atoms with E-state index in [2.05, 4.69) is 5.32 Å². The van der Waals surface area contributed by atoms with Gasteiger partial charge in [0.25, 0.3) is 5.91 Å². The van der Waals surface area contributed by atoms with Crippen molar-refractivity contribution < 1.29 is 31.3 Å². The highest BCUT2D eigenvalue weighted by Gasteiger charge is 2.35. The summed E-state index contributed by atoms with van der Waals surface area (Å²) in [6.07, 6.45) is 0. The first-order chi connectivity index (χ1) is 14.5. The first kappa shape index (κ1) is 23.2. The molecule has 1 saturated heterocycles. The van der Waals surface area contributed by atoms with Crippen LogP contribution in [-0.2, 0) is 14.8 Å². The van der Waals surface area contributed by atoms with E-state index >= 15 is 0 Å². The minimum atomic E-state index is -3.64. The van der Waals surface area contributed by atoms with E-state index in [1.165, 1.54) is 4.31 Å². The number of halogens is 3. The molecule has 31 heavy (non-hydrogen) atoms. The van der Waals surface area contributed by atoms with Crippen molar-refractivity contribution in [3.8, 4) is 0 Å². The molecule has 6 nitrogen and oxygen atoms in total. The molecule has 2 N–H and O–H groups in total. The van der Waals surface area contributed by atoms with Crippen molar-refractivity contribution in [1.29, 1.82) is 0 Å². The Morgan fingerprint density at radius 1 is 1.03 bits per heavy atom. The van der Waals surface area contributed by atoms with Gasteiger partial charge in [-0.25, -0.2) is 21.6 Å². The Kier molecular flexibility index (Phi) is 6.73. The Morgan fingerprint density at radius 2 is 1.68 bits per heavy atom. The van der Waals surface area contributed by atoms with Gasteiger partial charge in [-0.1, -0.05) is 6.07 Å². The number of carbonyl (C=O) groups excluding carboxylic acids is 1. The van der Waals surface area contributed by atoms with Crippen molar-refractivity contribution >= 4 is 21.6 Å². The number of rotatable bonds is 5. The largest absolute Gasteiger partial charge is 0.323 e. The first-order valence-electron chi connectivity index (χ1n) is 9.88. The molecule has 10 heteroatoms. The van der Waals surface area contributed by atoms with Crippen molar-refractivity contribution in [2.24, 2.45) is 0 Å². The summed E-state index contributed by atoms with van der Waals surface area (Å²) in [5.41, 5.74) is 1.46. The number of hydrogen-bond acceptors (Lipinski definition) is 3. The van der Waals surface area contributed by atoms with Crippen LogP contribution in [0.3, 0.4) is 0 Å². The maximum absolute atomic E-state index is 13.8. The molecule has 1 heterocycles. The molecule has 3 rings (SSSR count). The highest BCUT2D eigenvalue weighted by Crippen LogP contribution is 2.20. The zero-order valence-corrected chi connectivity index (χ0v) is 18.3. The molecule has 2 aromatic rings. The number of hydrogen-bond donors (Lipinski definition) is 2. The van der Waals surface area contributed by atoms with E-state index in [4.69, 9.17) is 0 Å². The number of anilines is 1. The molecule has 0 radical (unpaired) electrons. The van der Waals surface area contributed by atoms with Crippen molar-refractivity contribution in [1.82, 2.24) is 4.31 Å². The van der Waals surface area contributed by atoms with Crippen LogP contribution in [0.4, 0.5) is 18.9 Å². The second kappa shape index (κ2) is 8.97. The van der Waals surface area contributed by atoms with Crippen LogP contribution in [0.25, 0.3) is 0 Å². The molecule has 0 bridgehead atoms. The van der Waals surface area contributed by atoms with Gasteiger partial charge in [0.2, 0.25) is 10.0 Å². The maximum atomic E-state index is 13.8. The molecule has 0 saturated carbocycles. The quantitative estimate of drug-likeness (QED) is 0.672. The van der Waals surface area contributed by atoms with Crippen LogP contribution < -0.4 is 10.2 Å². The lowest BCUT2D eigenvalue weighted by Gasteiger charge is -2.34. The van der Waals surface area contributed by atoms with E-state index in [0.29, 0.717) is 13.1 Å². The molecular formula is C21H25F3N3O3S+. The first-order valence-corrected chi connectivity index (χ1v) is 11.3. The van der Waals surface area contributed by atoms with Crippen molar-refractivity contribution in [3.63, 3.8) is 0 Å². The second-order valence-electron chi connectivity index (χ2n) is 7.74. The molecule has 1 aliphatic rings. The minimum absolute atomic E-state index is 0.224. The van der Waals surface area contributed by atoms with Gasteiger partial charge in [-0.2, -0.15) is 4.31 Å². The van der Waals surface area contributed by atoms with E-state index in [1.54, 1.807) is 25.1 Å². The van der Waals surface area contributed by atoms with Gasteiger partial charge in [0.05, 0.1) is 36.8 Å². The second-order valence-corrected chi connectivity index (χ2v) is 9.68. The van der Waals surface area contributed by atoms with Crippen LogP contribution in [0.5, 0.6) is 0 Å². The van der Waals surface area contributed by atoms with Gasteiger partial charge in [0, 0.05) is 0 Å². The van der Waals surface area contributed by atoms with Crippen molar-refractivity contribution in [2.75, 3.05) is 31.5 Å². The van der Waals surface area contributed by atoms with Crippen LogP contribution in [0.15, 0.2) is 35.2 Å². The van der Waals surface area contributed by atoms with E-state index in [-0.39, 0.29) is 18.0 Å². The van der Waals surface area contributed by atoms with Gasteiger partial charge < -0.3 is 10.2 Å². The molecule has 1 amide bonds. The van der Waals surface area contributed by atoms with Crippen LogP contribution in [-0.4, -0.2) is 50.9 Å². The summed E-state index contributed by atoms with van der Waals surface area (Å²) in [4.78, 5) is 13.5. The Morgan fingerprint density at radius 3 is 2.29 bits per heavy atom. The summed E-state index contributed by atoms with van der Waals surface area (Å²) in [6, 6.07) is 6.07. The molecule has 1 aliphatic heterocycles. The van der Waals surface area contributed by atoms with Gasteiger partial charge in [-0.3, -0.25) is 4.79 Å². The summed E-state index contributed by atoms with van der Waals surface area (Å²) in [5, 5.41) is 2.28. The molecule has 1 fully saturated rings. The number of nitrogens with zero attached hydrogens (tertiary/aromatic N) is 1. The van der Waals surface area contributed by atoms with E-state index in [9.17, 15) is 26.4 Å². The van der Waals surface area contributed by atoms with Crippen LogP contribution in [0.1, 0.15) is 18.1 Å². The average Bonchev–Trinajstić information content (AvgIpc) is 2.75. The van der Waals surface area contributed by atoms with Gasteiger partial charge >= 0.3 is 0 Å². The van der Waals surface area contributed by atoms with Crippen LogP contribution in [0.2, 0.25) is 0 Å². The lowest BCUT2D eigenvalue weighted by Crippen LogP contribution is -3.19. The highest BCUT2D eigenvalue weighted by atomic mass is 32.2. The van der Waals surface area contributed by atoms with E-state index < -0.39 is 45.1 Å². The molecule has 0 spiro atoms. The van der Waals surface area contributed by atoms with Gasteiger partial charge in [-0.15, -0.1) is 0 Å². The number of quaternary nitrogens is 1. The molecule has 168 valence electrons. The number of aryl methyl sites for hydroxylation is 2. The molecule has 0 aliphatic carbocycles. The number of amides is 1. The lowest BCUT2D eigenvalue weighted by molar-refractivity contribution is -0.917. The summed E-state index contributed by atoms with van der Waals surface area (Å²) in [5.74, 6) is -5.01. The zero-order chi connectivity index (χ0) is 22.9. The summed E-state index contributed by atoms with van der Waals surface area (Å²) >= 11 is 0. The zero-order valence-electron chi connectivity index (χ0n) is 17.5. The summed E-state index contributed by atoms with van der Waals surface area (Å²) < 4.78 is 67.5. The topological polar surface area (TPSA) is 70.9 Å². The van der Waals surface area contributed by atoms with Gasteiger partial charge in [-0.05, 0) is 56.2 Å². The van der Waals surface area contributed by atoms with Crippen LogP contribution >= 0.6 is 0 Å². The third-order valence-corrected chi connectivity index (χ3v) is 7.67. The van der Waals surface area contributed by atoms with Crippen LogP contribution in [0, 0.1) is 31.3 Å². The fourth-order valence-corrected chi connectivity index (χ4v) is 5.05. The highest BCUT2D eigenvalue weighted by molar-refractivity contribution is 7.89. The predicted molar refractivity (Wildman–Crippen MR) is 110 cm³/mol. The van der Waals surface area contributed by atoms with Crippen molar-refractivity contribution in [3.05, 3.63) is 58.9 Å². The molecule has 1 atom stereocenters. The normalized spacial score (nSPS) is 16.8. The molecular weight excluding hydrogens is 431 g/mol. The van der Waals surface area contributed by atoms with E-state index in [0.717, 1.165) is 28.2 Å². The van der Waals surface area contributed by atoms with Gasteiger partial charge in [0.1, 0.15) is 0 Å².